The number of nitro benzene ring substituents is 1. The topological polar surface area (TPSA) is 147 Å². The van der Waals surface area contributed by atoms with Crippen LogP contribution in [-0.2, 0) is 4.79 Å². The SMILES string of the molecule is C=CC[C@H](NC(=O)O)c1cc(-c2ccc([N+](=O)[O-])cc2NC(=O)C(C)C=C)nnc1Cl. The van der Waals surface area contributed by atoms with Crippen molar-refractivity contribution in [1.82, 2.24) is 15.5 Å². The third-order valence-electron chi connectivity index (χ3n) is 4.37. The van der Waals surface area contributed by atoms with Crippen LogP contribution in [0.4, 0.5) is 16.2 Å². The minimum atomic E-state index is -1.26. The first kappa shape index (κ1) is 23.5. The summed E-state index contributed by atoms with van der Waals surface area (Å²) in [4.78, 5) is 34.1. The Bertz CT molecular complexity index is 1040. The molecule has 3 N–H and O–H groups in total. The lowest BCUT2D eigenvalue weighted by atomic mass is 10.0. The molecule has 1 heterocycles. The van der Waals surface area contributed by atoms with Gasteiger partial charge in [-0.2, -0.15) is 0 Å². The number of amides is 2. The lowest BCUT2D eigenvalue weighted by Crippen LogP contribution is -2.27. The number of hydrogen-bond donors (Lipinski definition) is 3. The summed E-state index contributed by atoms with van der Waals surface area (Å²) in [5.74, 6) is -0.966. The van der Waals surface area contributed by atoms with Gasteiger partial charge in [0.1, 0.15) is 0 Å². The number of nitrogens with one attached hydrogen (secondary N) is 2. The fourth-order valence-electron chi connectivity index (χ4n) is 2.67. The summed E-state index contributed by atoms with van der Waals surface area (Å²) in [5, 5.41) is 33.1. The first-order valence-corrected chi connectivity index (χ1v) is 9.41. The highest BCUT2D eigenvalue weighted by Gasteiger charge is 2.21. The molecular formula is C20H20ClN5O5. The molecule has 0 saturated carbocycles. The molecule has 11 heteroatoms. The van der Waals surface area contributed by atoms with E-state index in [1.165, 1.54) is 36.4 Å². The van der Waals surface area contributed by atoms with Gasteiger partial charge in [-0.05, 0) is 18.6 Å². The molecule has 0 spiro atoms. The fraction of sp³-hybridized carbons (Fsp3) is 0.200. The van der Waals surface area contributed by atoms with E-state index in [0.29, 0.717) is 11.1 Å². The summed E-state index contributed by atoms with van der Waals surface area (Å²) in [6.45, 7) is 8.79. The number of non-ortho nitro benzene ring substituents is 1. The Labute approximate surface area is 182 Å². The standard InChI is InChI=1S/C20H20ClN5O5/c1-4-6-15(23-20(28)29)14-10-17(24-25-18(14)21)13-8-7-12(26(30)31)9-16(13)22-19(27)11(3)5-2/h4-5,7-11,15,23H,1-2,6H2,3H3,(H,22,27)(H,28,29)/t11?,15-/m0/s1. The minimum absolute atomic E-state index is 0.0165. The molecule has 2 atom stereocenters. The molecule has 0 saturated heterocycles. The average Bonchev–Trinajstić information content (AvgIpc) is 2.72. The Kier molecular flexibility index (Phi) is 7.81. The molecule has 0 aliphatic heterocycles. The van der Waals surface area contributed by atoms with Crippen molar-refractivity contribution in [3.05, 3.63) is 70.4 Å². The second-order valence-electron chi connectivity index (χ2n) is 6.50. The van der Waals surface area contributed by atoms with Gasteiger partial charge in [0.25, 0.3) is 5.69 Å². The number of benzene rings is 1. The van der Waals surface area contributed by atoms with Crippen molar-refractivity contribution in [3.63, 3.8) is 0 Å². The maximum absolute atomic E-state index is 12.3. The Morgan fingerprint density at radius 3 is 2.61 bits per heavy atom. The van der Waals surface area contributed by atoms with E-state index in [0.717, 1.165) is 0 Å². The molecule has 10 nitrogen and oxygen atoms in total. The first-order valence-electron chi connectivity index (χ1n) is 9.03. The van der Waals surface area contributed by atoms with Crippen LogP contribution < -0.4 is 10.6 Å². The van der Waals surface area contributed by atoms with Gasteiger partial charge in [0.2, 0.25) is 5.91 Å². The molecule has 162 valence electrons. The van der Waals surface area contributed by atoms with Gasteiger partial charge in [-0.15, -0.1) is 23.4 Å². The van der Waals surface area contributed by atoms with E-state index in [-0.39, 0.29) is 28.6 Å². The van der Waals surface area contributed by atoms with Crippen molar-refractivity contribution in [2.45, 2.75) is 19.4 Å². The number of halogens is 1. The van der Waals surface area contributed by atoms with E-state index in [4.69, 9.17) is 16.7 Å². The molecule has 2 rings (SSSR count). The highest BCUT2D eigenvalue weighted by Crippen LogP contribution is 2.33. The molecule has 1 aromatic carbocycles. The third-order valence-corrected chi connectivity index (χ3v) is 4.66. The predicted molar refractivity (Wildman–Crippen MR) is 116 cm³/mol. The number of carbonyl (C=O) groups is 2. The van der Waals surface area contributed by atoms with Gasteiger partial charge in [-0.1, -0.05) is 30.7 Å². The number of anilines is 1. The highest BCUT2D eigenvalue weighted by atomic mass is 35.5. The largest absolute Gasteiger partial charge is 0.465 e. The molecule has 2 amide bonds. The second kappa shape index (κ2) is 10.3. The molecule has 0 radical (unpaired) electrons. The normalized spacial score (nSPS) is 12.3. The van der Waals surface area contributed by atoms with Gasteiger partial charge < -0.3 is 15.7 Å². The van der Waals surface area contributed by atoms with Crippen LogP contribution in [0.2, 0.25) is 5.15 Å². The number of nitrogens with zero attached hydrogens (tertiary/aromatic N) is 3. The Hall–Kier alpha value is -3.79. The van der Waals surface area contributed by atoms with Crippen molar-refractivity contribution in [2.24, 2.45) is 5.92 Å². The maximum Gasteiger partial charge on any atom is 0.405 e. The zero-order chi connectivity index (χ0) is 23.1. The smallest absolute Gasteiger partial charge is 0.405 e. The zero-order valence-corrected chi connectivity index (χ0v) is 17.3. The summed E-state index contributed by atoms with van der Waals surface area (Å²) < 4.78 is 0. The number of nitro groups is 1. The number of aromatic nitrogens is 2. The summed E-state index contributed by atoms with van der Waals surface area (Å²) in [6.07, 6.45) is 1.93. The molecule has 1 aromatic heterocycles. The lowest BCUT2D eigenvalue weighted by molar-refractivity contribution is -0.384. The monoisotopic (exact) mass is 445 g/mol. The minimum Gasteiger partial charge on any atom is -0.465 e. The van der Waals surface area contributed by atoms with Gasteiger partial charge in [-0.25, -0.2) is 4.79 Å². The van der Waals surface area contributed by atoms with Crippen LogP contribution in [-0.4, -0.2) is 32.2 Å². The molecule has 31 heavy (non-hydrogen) atoms. The van der Waals surface area contributed by atoms with E-state index in [9.17, 15) is 19.7 Å². The van der Waals surface area contributed by atoms with Crippen molar-refractivity contribution >= 4 is 35.0 Å². The quantitative estimate of drug-likeness (QED) is 0.295. The number of carbonyl (C=O) groups excluding carboxylic acids is 1. The molecule has 1 unspecified atom stereocenters. The van der Waals surface area contributed by atoms with Crippen molar-refractivity contribution in [2.75, 3.05) is 5.32 Å². The third kappa shape index (κ3) is 5.86. The van der Waals surface area contributed by atoms with Crippen molar-refractivity contribution < 1.29 is 19.6 Å². The Morgan fingerprint density at radius 2 is 2.03 bits per heavy atom. The van der Waals surface area contributed by atoms with Crippen LogP contribution >= 0.6 is 11.6 Å². The lowest BCUT2D eigenvalue weighted by Gasteiger charge is -2.18. The predicted octanol–water partition coefficient (Wildman–Crippen LogP) is 4.35. The van der Waals surface area contributed by atoms with Crippen LogP contribution in [0, 0.1) is 16.0 Å². The van der Waals surface area contributed by atoms with Crippen LogP contribution in [0.25, 0.3) is 11.3 Å². The second-order valence-corrected chi connectivity index (χ2v) is 6.86. The fourth-order valence-corrected chi connectivity index (χ4v) is 2.90. The Morgan fingerprint density at radius 1 is 1.32 bits per heavy atom. The first-order chi connectivity index (χ1) is 14.7. The summed E-state index contributed by atoms with van der Waals surface area (Å²) in [6, 6.07) is 4.65. The maximum atomic E-state index is 12.3. The van der Waals surface area contributed by atoms with Gasteiger partial charge >= 0.3 is 6.09 Å². The van der Waals surface area contributed by atoms with Crippen LogP contribution in [0.5, 0.6) is 0 Å². The number of hydrogen-bond acceptors (Lipinski definition) is 6. The van der Waals surface area contributed by atoms with Crippen LogP contribution in [0.3, 0.4) is 0 Å². The molecule has 0 aliphatic rings. The van der Waals surface area contributed by atoms with Crippen molar-refractivity contribution in [1.29, 1.82) is 0 Å². The van der Waals surface area contributed by atoms with Gasteiger partial charge in [0.15, 0.2) is 5.15 Å². The zero-order valence-electron chi connectivity index (χ0n) is 16.5. The molecule has 0 aliphatic carbocycles. The van der Waals surface area contributed by atoms with Gasteiger partial charge in [-0.3, -0.25) is 14.9 Å². The molecule has 2 aromatic rings. The highest BCUT2D eigenvalue weighted by molar-refractivity contribution is 6.30. The van der Waals surface area contributed by atoms with Gasteiger partial charge in [0, 0.05) is 23.3 Å². The number of carboxylic acid groups (broad SMARTS) is 1. The van der Waals surface area contributed by atoms with Crippen LogP contribution in [0.1, 0.15) is 24.9 Å². The van der Waals surface area contributed by atoms with Crippen molar-refractivity contribution in [3.8, 4) is 11.3 Å². The molecular weight excluding hydrogens is 426 g/mol. The van der Waals surface area contributed by atoms with E-state index >= 15 is 0 Å². The molecule has 0 fully saturated rings. The summed E-state index contributed by atoms with van der Waals surface area (Å²) >= 11 is 6.14. The van der Waals surface area contributed by atoms with E-state index in [2.05, 4.69) is 34.0 Å². The number of rotatable bonds is 9. The van der Waals surface area contributed by atoms with E-state index in [1.807, 2.05) is 0 Å². The summed E-state index contributed by atoms with van der Waals surface area (Å²) in [7, 11) is 0. The summed E-state index contributed by atoms with van der Waals surface area (Å²) in [5.41, 5.74) is 0.820. The van der Waals surface area contributed by atoms with E-state index in [1.54, 1.807) is 6.92 Å². The average molecular weight is 446 g/mol. The van der Waals surface area contributed by atoms with Gasteiger partial charge in [0.05, 0.1) is 28.3 Å². The Balaban J connectivity index is 2.59. The molecule has 0 bridgehead atoms. The van der Waals surface area contributed by atoms with Crippen LogP contribution in [0.15, 0.2) is 49.6 Å². The van der Waals surface area contributed by atoms with E-state index < -0.39 is 28.9 Å².